The van der Waals surface area contributed by atoms with E-state index in [4.69, 9.17) is 4.74 Å². The van der Waals surface area contributed by atoms with Gasteiger partial charge in [-0.3, -0.25) is 0 Å². The van der Waals surface area contributed by atoms with Crippen LogP contribution in [-0.4, -0.2) is 32.5 Å². The largest absolute Gasteiger partial charge is 0.508 e. The zero-order valence-corrected chi connectivity index (χ0v) is 5.92. The lowest BCUT2D eigenvalue weighted by atomic mass is 10.3. The van der Waals surface area contributed by atoms with E-state index in [1.165, 1.54) is 7.11 Å². The van der Waals surface area contributed by atoms with Crippen LogP contribution in [0.1, 0.15) is 6.42 Å². The number of hydrogen-bond acceptors (Lipinski definition) is 4. The summed E-state index contributed by atoms with van der Waals surface area (Å²) in [7, 11) is 1.31. The molecule has 1 saturated heterocycles. The average molecular weight is 145 g/mol. The Kier molecular flexibility index (Phi) is 2.50. The lowest BCUT2D eigenvalue weighted by Crippen LogP contribution is -2.20. The second-order valence-corrected chi connectivity index (χ2v) is 2.19. The molecule has 0 radical (unpaired) electrons. The van der Waals surface area contributed by atoms with Gasteiger partial charge in [0.1, 0.15) is 6.10 Å². The summed E-state index contributed by atoms with van der Waals surface area (Å²) >= 11 is 0. The molecule has 1 fully saturated rings. The molecule has 58 valence electrons. The average Bonchev–Trinajstić information content (AvgIpc) is 2.40. The third-order valence-corrected chi connectivity index (χ3v) is 1.44. The van der Waals surface area contributed by atoms with Crippen molar-refractivity contribution in [1.29, 1.82) is 0 Å². The maximum absolute atomic E-state index is 10.5. The van der Waals surface area contributed by atoms with Gasteiger partial charge in [0.05, 0.1) is 7.11 Å². The standard InChI is InChI=1S/C6H11NO3/c1-9-6(8)10-5-2-3-7-4-5/h5,7H,2-4H2,1H3/t5-/m0/s1. The first-order valence-corrected chi connectivity index (χ1v) is 3.28. The first kappa shape index (κ1) is 7.34. The number of nitrogens with one attached hydrogen (secondary N) is 1. The number of ether oxygens (including phenoxy) is 2. The van der Waals surface area contributed by atoms with E-state index in [0.717, 1.165) is 19.5 Å². The summed E-state index contributed by atoms with van der Waals surface area (Å²) in [5.41, 5.74) is 0. The Morgan fingerprint density at radius 3 is 3.00 bits per heavy atom. The van der Waals surface area contributed by atoms with E-state index in [-0.39, 0.29) is 6.10 Å². The van der Waals surface area contributed by atoms with Gasteiger partial charge in [-0.15, -0.1) is 0 Å². The number of rotatable bonds is 1. The van der Waals surface area contributed by atoms with Crippen molar-refractivity contribution in [3.05, 3.63) is 0 Å². The van der Waals surface area contributed by atoms with Crippen molar-refractivity contribution in [2.75, 3.05) is 20.2 Å². The molecule has 0 aliphatic carbocycles. The molecule has 1 atom stereocenters. The van der Waals surface area contributed by atoms with Crippen molar-refractivity contribution in [2.45, 2.75) is 12.5 Å². The van der Waals surface area contributed by atoms with Gasteiger partial charge in [0.2, 0.25) is 0 Å². The minimum Gasteiger partial charge on any atom is -0.438 e. The van der Waals surface area contributed by atoms with Crippen molar-refractivity contribution >= 4 is 6.16 Å². The lowest BCUT2D eigenvalue weighted by molar-refractivity contribution is 0.0439. The smallest absolute Gasteiger partial charge is 0.438 e. The molecule has 1 aliphatic rings. The Labute approximate surface area is 59.5 Å². The molecule has 0 aromatic heterocycles. The van der Waals surface area contributed by atoms with E-state index in [1.54, 1.807) is 0 Å². The molecule has 1 aliphatic heterocycles. The fraction of sp³-hybridized carbons (Fsp3) is 0.833. The molecule has 0 unspecified atom stereocenters. The van der Waals surface area contributed by atoms with Gasteiger partial charge >= 0.3 is 6.16 Å². The monoisotopic (exact) mass is 145 g/mol. The van der Waals surface area contributed by atoms with Crippen LogP contribution < -0.4 is 5.32 Å². The van der Waals surface area contributed by atoms with Crippen molar-refractivity contribution < 1.29 is 14.3 Å². The molecule has 0 saturated carbocycles. The van der Waals surface area contributed by atoms with E-state index >= 15 is 0 Å². The molecule has 0 amide bonds. The van der Waals surface area contributed by atoms with Crippen LogP contribution in [-0.2, 0) is 9.47 Å². The quantitative estimate of drug-likeness (QED) is 0.533. The Hall–Kier alpha value is -0.770. The fourth-order valence-electron chi connectivity index (χ4n) is 0.913. The molecule has 0 aromatic carbocycles. The predicted octanol–water partition coefficient (Wildman–Crippen LogP) is 0.131. The molecular weight excluding hydrogens is 134 g/mol. The number of hydrogen-bond donors (Lipinski definition) is 1. The summed E-state index contributed by atoms with van der Waals surface area (Å²) < 4.78 is 9.16. The maximum Gasteiger partial charge on any atom is 0.508 e. The molecule has 1 heterocycles. The zero-order chi connectivity index (χ0) is 7.40. The fourth-order valence-corrected chi connectivity index (χ4v) is 0.913. The Morgan fingerprint density at radius 1 is 1.70 bits per heavy atom. The van der Waals surface area contributed by atoms with Crippen LogP contribution in [0.2, 0.25) is 0 Å². The molecular formula is C6H11NO3. The van der Waals surface area contributed by atoms with Crippen molar-refractivity contribution in [3.8, 4) is 0 Å². The highest BCUT2D eigenvalue weighted by atomic mass is 16.7. The Bertz CT molecular complexity index is 120. The molecule has 10 heavy (non-hydrogen) atoms. The second-order valence-electron chi connectivity index (χ2n) is 2.19. The van der Waals surface area contributed by atoms with E-state index in [0.29, 0.717) is 0 Å². The highest BCUT2D eigenvalue weighted by Crippen LogP contribution is 2.03. The van der Waals surface area contributed by atoms with Crippen LogP contribution in [0.15, 0.2) is 0 Å². The minimum absolute atomic E-state index is 0.00690. The van der Waals surface area contributed by atoms with E-state index in [9.17, 15) is 4.79 Å². The highest BCUT2D eigenvalue weighted by molar-refractivity contribution is 5.59. The van der Waals surface area contributed by atoms with Gasteiger partial charge in [-0.2, -0.15) is 0 Å². The third kappa shape index (κ3) is 1.88. The minimum atomic E-state index is -0.589. The van der Waals surface area contributed by atoms with Gasteiger partial charge < -0.3 is 14.8 Å². The van der Waals surface area contributed by atoms with Crippen LogP contribution in [0.25, 0.3) is 0 Å². The zero-order valence-electron chi connectivity index (χ0n) is 5.92. The first-order valence-electron chi connectivity index (χ1n) is 3.28. The summed E-state index contributed by atoms with van der Waals surface area (Å²) in [6, 6.07) is 0. The molecule has 0 bridgehead atoms. The van der Waals surface area contributed by atoms with Crippen LogP contribution in [0.3, 0.4) is 0 Å². The van der Waals surface area contributed by atoms with E-state index in [1.807, 2.05) is 0 Å². The Balaban J connectivity index is 2.17. The predicted molar refractivity (Wildman–Crippen MR) is 34.8 cm³/mol. The van der Waals surface area contributed by atoms with E-state index in [2.05, 4.69) is 10.1 Å². The number of carbonyl (C=O) groups is 1. The second kappa shape index (κ2) is 3.41. The first-order chi connectivity index (χ1) is 4.83. The van der Waals surface area contributed by atoms with Crippen LogP contribution in [0, 0.1) is 0 Å². The number of carbonyl (C=O) groups excluding carboxylic acids is 1. The van der Waals surface area contributed by atoms with Crippen molar-refractivity contribution in [1.82, 2.24) is 5.32 Å². The number of methoxy groups -OCH3 is 1. The molecule has 1 rings (SSSR count). The molecule has 0 spiro atoms. The van der Waals surface area contributed by atoms with Gasteiger partial charge in [-0.05, 0) is 13.0 Å². The lowest BCUT2D eigenvalue weighted by Gasteiger charge is -2.07. The van der Waals surface area contributed by atoms with Crippen LogP contribution in [0.5, 0.6) is 0 Å². The topological polar surface area (TPSA) is 47.6 Å². The van der Waals surface area contributed by atoms with Gasteiger partial charge in [-0.25, -0.2) is 4.79 Å². The van der Waals surface area contributed by atoms with Crippen LogP contribution >= 0.6 is 0 Å². The summed E-state index contributed by atoms with van der Waals surface area (Å²) in [6.07, 6.45) is 0.302. The van der Waals surface area contributed by atoms with Crippen molar-refractivity contribution in [2.24, 2.45) is 0 Å². The Morgan fingerprint density at radius 2 is 2.50 bits per heavy atom. The third-order valence-electron chi connectivity index (χ3n) is 1.44. The summed E-state index contributed by atoms with van der Waals surface area (Å²) in [5, 5.41) is 3.07. The summed E-state index contributed by atoms with van der Waals surface area (Å²) in [5.74, 6) is 0. The van der Waals surface area contributed by atoms with Gasteiger partial charge in [-0.1, -0.05) is 0 Å². The summed E-state index contributed by atoms with van der Waals surface area (Å²) in [4.78, 5) is 10.5. The SMILES string of the molecule is COC(=O)O[C@H]1CCNC1. The molecule has 0 aromatic rings. The van der Waals surface area contributed by atoms with E-state index < -0.39 is 6.16 Å². The van der Waals surface area contributed by atoms with Gasteiger partial charge in [0, 0.05) is 6.54 Å². The van der Waals surface area contributed by atoms with Crippen molar-refractivity contribution in [3.63, 3.8) is 0 Å². The molecule has 4 heteroatoms. The summed E-state index contributed by atoms with van der Waals surface area (Å²) in [6.45, 7) is 1.66. The highest BCUT2D eigenvalue weighted by Gasteiger charge is 2.18. The van der Waals surface area contributed by atoms with Gasteiger partial charge in [0.25, 0.3) is 0 Å². The molecule has 1 N–H and O–H groups in total. The van der Waals surface area contributed by atoms with Gasteiger partial charge in [0.15, 0.2) is 0 Å². The molecule has 4 nitrogen and oxygen atoms in total. The maximum atomic E-state index is 10.5. The van der Waals surface area contributed by atoms with Crippen LogP contribution in [0.4, 0.5) is 4.79 Å². The normalized spacial score (nSPS) is 24.3.